The number of methoxy groups -OCH3 is 1. The Kier molecular flexibility index (Phi) is 4.89. The second kappa shape index (κ2) is 7.35. The summed E-state index contributed by atoms with van der Waals surface area (Å²) in [4.78, 5) is 14.5. The van der Waals surface area contributed by atoms with Crippen molar-refractivity contribution in [3.63, 3.8) is 0 Å². The topological polar surface area (TPSA) is 50.8 Å². The Morgan fingerprint density at radius 3 is 2.64 bits per heavy atom. The van der Waals surface area contributed by atoms with Gasteiger partial charge in [-0.2, -0.15) is 0 Å². The lowest BCUT2D eigenvalue weighted by molar-refractivity contribution is 0.100. The maximum atomic E-state index is 13.9. The Balaban J connectivity index is 1.66. The van der Waals surface area contributed by atoms with E-state index in [4.69, 9.17) is 9.47 Å². The number of benzene rings is 2. The van der Waals surface area contributed by atoms with Gasteiger partial charge in [0, 0.05) is 42.8 Å². The lowest BCUT2D eigenvalue weighted by atomic mass is 9.85. The molecule has 0 aliphatic carbocycles. The summed E-state index contributed by atoms with van der Waals surface area (Å²) in [7, 11) is 1.57. The van der Waals surface area contributed by atoms with Crippen LogP contribution in [0.2, 0.25) is 0 Å². The molecule has 1 N–H and O–H groups in total. The molecule has 1 saturated heterocycles. The number of carbonyl (C=O) groups excluding carboxylic acids is 1. The van der Waals surface area contributed by atoms with E-state index in [1.807, 2.05) is 0 Å². The van der Waals surface area contributed by atoms with Gasteiger partial charge < -0.3 is 19.7 Å². The number of rotatable bonds is 3. The summed E-state index contributed by atoms with van der Waals surface area (Å²) in [6.45, 7) is 1.13. The molecule has 0 spiro atoms. The molecule has 2 aliphatic rings. The normalized spacial score (nSPS) is 23.0. The van der Waals surface area contributed by atoms with Gasteiger partial charge in [-0.25, -0.2) is 18.0 Å². The molecule has 2 amide bonds. The van der Waals surface area contributed by atoms with E-state index in [9.17, 15) is 18.0 Å². The summed E-state index contributed by atoms with van der Waals surface area (Å²) in [5.41, 5.74) is 0.594. The van der Waals surface area contributed by atoms with Crippen molar-refractivity contribution in [1.82, 2.24) is 4.90 Å². The van der Waals surface area contributed by atoms with E-state index in [0.717, 1.165) is 18.2 Å². The van der Waals surface area contributed by atoms with Gasteiger partial charge in [-0.05, 0) is 30.3 Å². The molecule has 1 fully saturated rings. The molecule has 28 heavy (non-hydrogen) atoms. The van der Waals surface area contributed by atoms with Gasteiger partial charge in [-0.1, -0.05) is 0 Å². The molecule has 3 atom stereocenters. The van der Waals surface area contributed by atoms with Crippen molar-refractivity contribution in [3.8, 4) is 5.75 Å². The number of halogens is 3. The average molecular weight is 392 g/mol. The molecular formula is C20H19F3N2O3. The SMILES string of the molecule is COC[C@@H]1CN(C(=O)Nc2cc(F)cc(F)c2)[C@H]2c3cc(F)ccc3OC[C@@H]12. The van der Waals surface area contributed by atoms with Gasteiger partial charge in [0.2, 0.25) is 0 Å². The van der Waals surface area contributed by atoms with Crippen LogP contribution in [0.1, 0.15) is 11.6 Å². The fraction of sp³-hybridized carbons (Fsp3) is 0.350. The third-order valence-corrected chi connectivity index (χ3v) is 5.26. The zero-order valence-electron chi connectivity index (χ0n) is 15.1. The van der Waals surface area contributed by atoms with Crippen molar-refractivity contribution in [2.75, 3.05) is 32.2 Å². The van der Waals surface area contributed by atoms with Crippen molar-refractivity contribution in [1.29, 1.82) is 0 Å². The first-order chi connectivity index (χ1) is 13.5. The smallest absolute Gasteiger partial charge is 0.322 e. The summed E-state index contributed by atoms with van der Waals surface area (Å²) < 4.78 is 51.8. The van der Waals surface area contributed by atoms with Gasteiger partial charge in [-0.15, -0.1) is 0 Å². The van der Waals surface area contributed by atoms with E-state index in [2.05, 4.69) is 5.32 Å². The molecular weight excluding hydrogens is 373 g/mol. The van der Waals surface area contributed by atoms with Crippen LogP contribution in [0.15, 0.2) is 36.4 Å². The fourth-order valence-electron chi connectivity index (χ4n) is 4.11. The maximum Gasteiger partial charge on any atom is 0.322 e. The molecule has 0 saturated carbocycles. The maximum absolute atomic E-state index is 13.9. The second-order valence-corrected chi connectivity index (χ2v) is 7.06. The first kappa shape index (κ1) is 18.6. The van der Waals surface area contributed by atoms with Gasteiger partial charge in [0.25, 0.3) is 0 Å². The predicted octanol–water partition coefficient (Wildman–Crippen LogP) is 3.96. The van der Waals surface area contributed by atoms with Gasteiger partial charge in [0.05, 0.1) is 19.3 Å². The van der Waals surface area contributed by atoms with Crippen LogP contribution in [-0.2, 0) is 4.74 Å². The van der Waals surface area contributed by atoms with Gasteiger partial charge in [0.15, 0.2) is 0 Å². The van der Waals surface area contributed by atoms with Crippen LogP contribution in [0.5, 0.6) is 5.75 Å². The van der Waals surface area contributed by atoms with E-state index in [-0.39, 0.29) is 17.5 Å². The highest BCUT2D eigenvalue weighted by atomic mass is 19.1. The van der Waals surface area contributed by atoms with Crippen LogP contribution in [0.3, 0.4) is 0 Å². The summed E-state index contributed by atoms with van der Waals surface area (Å²) in [6.07, 6.45) is 0. The van der Waals surface area contributed by atoms with E-state index < -0.39 is 29.5 Å². The summed E-state index contributed by atoms with van der Waals surface area (Å²) in [6, 6.07) is 6.09. The van der Waals surface area contributed by atoms with Gasteiger partial charge in [0.1, 0.15) is 23.2 Å². The first-order valence-electron chi connectivity index (χ1n) is 8.91. The molecule has 0 bridgehead atoms. The number of hydrogen-bond acceptors (Lipinski definition) is 3. The van der Waals surface area contributed by atoms with Gasteiger partial charge in [-0.3, -0.25) is 0 Å². The molecule has 0 unspecified atom stereocenters. The number of likely N-dealkylation sites (tertiary alicyclic amines) is 1. The molecule has 0 radical (unpaired) electrons. The second-order valence-electron chi connectivity index (χ2n) is 7.06. The number of carbonyl (C=O) groups is 1. The number of fused-ring (bicyclic) bond motifs is 3. The number of anilines is 1. The number of amides is 2. The number of urea groups is 1. The van der Waals surface area contributed by atoms with Crippen LogP contribution in [0, 0.1) is 29.3 Å². The number of hydrogen-bond donors (Lipinski definition) is 1. The van der Waals surface area contributed by atoms with Crippen LogP contribution in [0.25, 0.3) is 0 Å². The molecule has 148 valence electrons. The number of ether oxygens (including phenoxy) is 2. The highest BCUT2D eigenvalue weighted by Crippen LogP contribution is 2.47. The van der Waals surface area contributed by atoms with Crippen LogP contribution < -0.4 is 10.1 Å². The first-order valence-corrected chi connectivity index (χ1v) is 8.91. The Hall–Kier alpha value is -2.74. The molecule has 2 aromatic rings. The van der Waals surface area contributed by atoms with Crippen molar-refractivity contribution in [3.05, 3.63) is 59.4 Å². The minimum Gasteiger partial charge on any atom is -0.493 e. The van der Waals surface area contributed by atoms with Crippen LogP contribution in [-0.4, -0.2) is 37.8 Å². The molecule has 2 heterocycles. The minimum absolute atomic E-state index is 0.0126. The number of nitrogens with zero attached hydrogens (tertiary/aromatic N) is 1. The molecule has 4 rings (SSSR count). The lowest BCUT2D eigenvalue weighted by Crippen LogP contribution is -2.38. The van der Waals surface area contributed by atoms with E-state index in [0.29, 0.717) is 31.1 Å². The molecule has 2 aromatic carbocycles. The monoisotopic (exact) mass is 392 g/mol. The highest BCUT2D eigenvalue weighted by Gasteiger charge is 2.48. The van der Waals surface area contributed by atoms with E-state index in [1.165, 1.54) is 12.1 Å². The summed E-state index contributed by atoms with van der Waals surface area (Å²) in [5, 5.41) is 2.54. The molecule has 5 nitrogen and oxygen atoms in total. The van der Waals surface area contributed by atoms with Crippen molar-refractivity contribution < 1.29 is 27.4 Å². The standard InChI is InChI=1S/C20H19F3N2O3/c1-27-9-11-8-25(20(26)24-15-5-13(22)4-14(23)6-15)19-16-7-12(21)2-3-18(16)28-10-17(11)19/h2-7,11,17,19H,8-10H2,1H3,(H,24,26)/t11-,17-,19-/m0/s1. The van der Waals surface area contributed by atoms with Crippen LogP contribution >= 0.6 is 0 Å². The third-order valence-electron chi connectivity index (χ3n) is 5.26. The zero-order valence-corrected chi connectivity index (χ0v) is 15.1. The molecule has 8 heteroatoms. The predicted molar refractivity (Wildman–Crippen MR) is 95.6 cm³/mol. The quantitative estimate of drug-likeness (QED) is 0.860. The Morgan fingerprint density at radius 1 is 1.18 bits per heavy atom. The zero-order chi connectivity index (χ0) is 19.8. The molecule has 2 aliphatic heterocycles. The van der Waals surface area contributed by atoms with Crippen molar-refractivity contribution in [2.45, 2.75) is 6.04 Å². The average Bonchev–Trinajstić information content (AvgIpc) is 3.00. The summed E-state index contributed by atoms with van der Waals surface area (Å²) in [5.74, 6) is -1.57. The van der Waals surface area contributed by atoms with E-state index in [1.54, 1.807) is 18.1 Å². The third kappa shape index (κ3) is 3.40. The Morgan fingerprint density at radius 2 is 1.93 bits per heavy atom. The summed E-state index contributed by atoms with van der Waals surface area (Å²) >= 11 is 0. The number of nitrogens with one attached hydrogen (secondary N) is 1. The fourth-order valence-corrected chi connectivity index (χ4v) is 4.11. The van der Waals surface area contributed by atoms with E-state index >= 15 is 0 Å². The van der Waals surface area contributed by atoms with Gasteiger partial charge >= 0.3 is 6.03 Å². The van der Waals surface area contributed by atoms with Crippen molar-refractivity contribution in [2.24, 2.45) is 11.8 Å². The Labute approximate surface area is 160 Å². The largest absolute Gasteiger partial charge is 0.493 e. The van der Waals surface area contributed by atoms with Crippen molar-refractivity contribution >= 4 is 11.7 Å². The Bertz CT molecular complexity index is 888. The highest BCUT2D eigenvalue weighted by molar-refractivity contribution is 5.90. The minimum atomic E-state index is -0.787. The van der Waals surface area contributed by atoms with Crippen LogP contribution in [0.4, 0.5) is 23.7 Å². The molecule has 0 aromatic heterocycles. The lowest BCUT2D eigenvalue weighted by Gasteiger charge is -2.34.